The average Bonchev–Trinajstić information content (AvgIpc) is 3.35. The number of hydrogen-bond acceptors (Lipinski definition) is 6. The molecule has 1 amide bonds. The molecule has 1 aliphatic carbocycles. The molecule has 1 aliphatic heterocycles. The van der Waals surface area contributed by atoms with E-state index in [1.54, 1.807) is 6.07 Å². The molecule has 0 atom stereocenters. The number of carbonyl (C=O) groups is 1. The van der Waals surface area contributed by atoms with Crippen molar-refractivity contribution in [3.05, 3.63) is 34.6 Å². The Morgan fingerprint density at radius 1 is 1.29 bits per heavy atom. The van der Waals surface area contributed by atoms with Crippen LogP contribution in [0.5, 0.6) is 0 Å². The van der Waals surface area contributed by atoms with Crippen molar-refractivity contribution in [3.8, 4) is 0 Å². The largest absolute Gasteiger partial charge is 0.378 e. The number of hydrogen-bond donors (Lipinski definition) is 1. The van der Waals surface area contributed by atoms with Crippen molar-refractivity contribution in [3.63, 3.8) is 0 Å². The minimum Gasteiger partial charge on any atom is -0.378 e. The third-order valence-electron chi connectivity index (χ3n) is 4.14. The lowest BCUT2D eigenvalue weighted by atomic mass is 10.1. The van der Waals surface area contributed by atoms with Crippen molar-refractivity contribution in [2.75, 3.05) is 36.5 Å². The molecule has 4 rings (SSSR count). The first-order valence-corrected chi connectivity index (χ1v) is 8.79. The summed E-state index contributed by atoms with van der Waals surface area (Å²) in [4.78, 5) is 14.7. The van der Waals surface area contributed by atoms with Crippen LogP contribution in [0, 0.1) is 5.82 Å². The molecule has 1 aromatic heterocycles. The number of amides is 1. The summed E-state index contributed by atoms with van der Waals surface area (Å²) >= 11 is 1.39. The number of morpholine rings is 1. The molecule has 1 aromatic carbocycles. The van der Waals surface area contributed by atoms with E-state index in [1.807, 2.05) is 4.90 Å². The van der Waals surface area contributed by atoms with Gasteiger partial charge in [-0.1, -0.05) is 11.3 Å². The third-order valence-corrected chi connectivity index (χ3v) is 5.14. The lowest BCUT2D eigenvalue weighted by molar-refractivity contribution is 0.102. The van der Waals surface area contributed by atoms with Gasteiger partial charge in [-0.25, -0.2) is 4.39 Å². The second-order valence-electron chi connectivity index (χ2n) is 5.93. The van der Waals surface area contributed by atoms with Gasteiger partial charge in [0.1, 0.15) is 10.8 Å². The van der Waals surface area contributed by atoms with E-state index in [0.717, 1.165) is 17.8 Å². The van der Waals surface area contributed by atoms with Crippen LogP contribution in [0.1, 0.15) is 34.1 Å². The average molecular weight is 348 g/mol. The van der Waals surface area contributed by atoms with Crippen LogP contribution in [0.4, 0.5) is 15.2 Å². The van der Waals surface area contributed by atoms with Crippen LogP contribution in [-0.2, 0) is 4.74 Å². The SMILES string of the molecule is O=C(Nc1nnc(C2CC2)s1)c1cc(F)ccc1N1CCOCC1. The van der Waals surface area contributed by atoms with Gasteiger partial charge in [0.15, 0.2) is 0 Å². The molecular weight excluding hydrogens is 331 g/mol. The molecule has 8 heteroatoms. The molecule has 2 aliphatic rings. The van der Waals surface area contributed by atoms with Gasteiger partial charge >= 0.3 is 0 Å². The maximum Gasteiger partial charge on any atom is 0.259 e. The Balaban J connectivity index is 1.56. The lowest BCUT2D eigenvalue weighted by Crippen LogP contribution is -2.37. The number of ether oxygens (including phenoxy) is 1. The predicted octanol–water partition coefficient (Wildman–Crippen LogP) is 2.64. The molecule has 1 N–H and O–H groups in total. The van der Waals surface area contributed by atoms with E-state index in [9.17, 15) is 9.18 Å². The number of rotatable bonds is 4. The highest BCUT2D eigenvalue weighted by molar-refractivity contribution is 7.15. The molecule has 0 spiro atoms. The van der Waals surface area contributed by atoms with Gasteiger partial charge in [-0.2, -0.15) is 0 Å². The zero-order chi connectivity index (χ0) is 16.5. The summed E-state index contributed by atoms with van der Waals surface area (Å²) in [7, 11) is 0. The van der Waals surface area contributed by atoms with Crippen molar-refractivity contribution in [1.29, 1.82) is 0 Å². The predicted molar refractivity (Wildman–Crippen MR) is 89.3 cm³/mol. The fourth-order valence-electron chi connectivity index (χ4n) is 2.71. The van der Waals surface area contributed by atoms with Crippen LogP contribution in [0.3, 0.4) is 0 Å². The van der Waals surface area contributed by atoms with Crippen molar-refractivity contribution >= 4 is 28.1 Å². The highest BCUT2D eigenvalue weighted by Crippen LogP contribution is 2.42. The van der Waals surface area contributed by atoms with Crippen LogP contribution in [0.2, 0.25) is 0 Å². The molecule has 126 valence electrons. The van der Waals surface area contributed by atoms with Crippen LogP contribution in [-0.4, -0.2) is 42.4 Å². The molecule has 6 nitrogen and oxygen atoms in total. The maximum absolute atomic E-state index is 13.7. The Bertz CT molecular complexity index is 756. The lowest BCUT2D eigenvalue weighted by Gasteiger charge is -2.30. The van der Waals surface area contributed by atoms with E-state index in [0.29, 0.717) is 48.6 Å². The second-order valence-corrected chi connectivity index (χ2v) is 6.94. The summed E-state index contributed by atoms with van der Waals surface area (Å²) in [6.07, 6.45) is 2.27. The van der Waals surface area contributed by atoms with Gasteiger partial charge in [0.05, 0.1) is 18.8 Å². The molecule has 2 heterocycles. The molecule has 0 unspecified atom stereocenters. The number of nitrogens with one attached hydrogen (secondary N) is 1. The van der Waals surface area contributed by atoms with Crippen molar-refractivity contribution < 1.29 is 13.9 Å². The minimum absolute atomic E-state index is 0.306. The van der Waals surface area contributed by atoms with Crippen molar-refractivity contribution in [2.45, 2.75) is 18.8 Å². The monoisotopic (exact) mass is 348 g/mol. The van der Waals surface area contributed by atoms with E-state index in [2.05, 4.69) is 15.5 Å². The van der Waals surface area contributed by atoms with Gasteiger partial charge in [0, 0.05) is 24.7 Å². The van der Waals surface area contributed by atoms with E-state index >= 15 is 0 Å². The first-order valence-electron chi connectivity index (χ1n) is 7.98. The number of benzene rings is 1. The van der Waals surface area contributed by atoms with Crippen LogP contribution in [0.15, 0.2) is 18.2 Å². The van der Waals surface area contributed by atoms with Gasteiger partial charge in [-0.15, -0.1) is 10.2 Å². The molecular formula is C16H17FN4O2S. The molecule has 2 aromatic rings. The molecule has 1 saturated heterocycles. The van der Waals surface area contributed by atoms with Crippen LogP contribution >= 0.6 is 11.3 Å². The third kappa shape index (κ3) is 3.25. The summed E-state index contributed by atoms with van der Waals surface area (Å²) in [5.74, 6) is -0.311. The van der Waals surface area contributed by atoms with Gasteiger partial charge in [0.2, 0.25) is 5.13 Å². The Morgan fingerprint density at radius 3 is 2.83 bits per heavy atom. The molecule has 0 radical (unpaired) electrons. The van der Waals surface area contributed by atoms with Gasteiger partial charge in [-0.3, -0.25) is 10.1 Å². The molecule has 1 saturated carbocycles. The highest BCUT2D eigenvalue weighted by Gasteiger charge is 2.28. The zero-order valence-electron chi connectivity index (χ0n) is 13.0. The first kappa shape index (κ1) is 15.5. The fraction of sp³-hybridized carbons (Fsp3) is 0.438. The second kappa shape index (κ2) is 6.45. The fourth-order valence-corrected chi connectivity index (χ4v) is 3.62. The minimum atomic E-state index is -0.437. The van der Waals surface area contributed by atoms with Crippen molar-refractivity contribution in [1.82, 2.24) is 10.2 Å². The molecule has 24 heavy (non-hydrogen) atoms. The Kier molecular flexibility index (Phi) is 4.15. The van der Waals surface area contributed by atoms with E-state index in [-0.39, 0.29) is 5.91 Å². The Labute approximate surface area is 142 Å². The smallest absolute Gasteiger partial charge is 0.259 e. The number of halogens is 1. The quantitative estimate of drug-likeness (QED) is 0.920. The summed E-state index contributed by atoms with van der Waals surface area (Å²) < 4.78 is 19.0. The van der Waals surface area contributed by atoms with Crippen LogP contribution < -0.4 is 10.2 Å². The normalized spacial score (nSPS) is 17.8. The van der Waals surface area contributed by atoms with E-state index in [1.165, 1.54) is 23.5 Å². The number of aromatic nitrogens is 2. The summed E-state index contributed by atoms with van der Waals surface area (Å²) in [6, 6.07) is 4.28. The van der Waals surface area contributed by atoms with Gasteiger partial charge in [0.25, 0.3) is 5.91 Å². The van der Waals surface area contributed by atoms with Gasteiger partial charge < -0.3 is 9.64 Å². The molecule has 2 fully saturated rings. The highest BCUT2D eigenvalue weighted by atomic mass is 32.1. The standard InChI is InChI=1S/C16H17FN4O2S/c17-11-3-4-13(21-5-7-23-8-6-21)12(9-11)14(22)18-16-20-19-15(24-16)10-1-2-10/h3-4,9-10H,1-2,5-8H2,(H,18,20,22). The Hall–Kier alpha value is -2.06. The Morgan fingerprint density at radius 2 is 2.08 bits per heavy atom. The maximum atomic E-state index is 13.7. The van der Waals surface area contributed by atoms with E-state index < -0.39 is 5.82 Å². The number of anilines is 2. The summed E-state index contributed by atoms with van der Waals surface area (Å²) in [5, 5.41) is 12.3. The number of nitrogens with zero attached hydrogens (tertiary/aromatic N) is 3. The summed E-state index contributed by atoms with van der Waals surface area (Å²) in [5.41, 5.74) is 1.02. The van der Waals surface area contributed by atoms with E-state index in [4.69, 9.17) is 4.74 Å². The first-order chi connectivity index (χ1) is 11.7. The number of carbonyl (C=O) groups excluding carboxylic acids is 1. The van der Waals surface area contributed by atoms with Crippen molar-refractivity contribution in [2.24, 2.45) is 0 Å². The molecule has 0 bridgehead atoms. The zero-order valence-corrected chi connectivity index (χ0v) is 13.8. The summed E-state index contributed by atoms with van der Waals surface area (Å²) in [6.45, 7) is 2.55. The van der Waals surface area contributed by atoms with Crippen LogP contribution in [0.25, 0.3) is 0 Å². The van der Waals surface area contributed by atoms with Gasteiger partial charge in [-0.05, 0) is 31.0 Å². The topological polar surface area (TPSA) is 67.4 Å².